The van der Waals surface area contributed by atoms with E-state index in [-0.39, 0.29) is 18.6 Å². The van der Waals surface area contributed by atoms with Crippen LogP contribution in [0.4, 0.5) is 0 Å². The number of carbonyl (C=O) groups is 1. The molecule has 7 heteroatoms. The lowest BCUT2D eigenvalue weighted by Gasteiger charge is -2.12. The molecule has 0 spiro atoms. The molecule has 1 N–H and O–H groups in total. The van der Waals surface area contributed by atoms with Crippen molar-refractivity contribution >= 4 is 28.5 Å². The van der Waals surface area contributed by atoms with Gasteiger partial charge in [0, 0.05) is 17.5 Å². The standard InChI is InChI=1S/C22H20ClN3O3/c1-12-15(14(3)25-22(28)17(12)10-24)8-9-20(27)29-11-19-21(23)13(2)16-6-4-5-7-18(16)26-19/h4-7H,8-9,11H2,1-3H3,(H,25,28). The molecule has 3 rings (SSSR count). The summed E-state index contributed by atoms with van der Waals surface area (Å²) in [6, 6.07) is 9.56. The zero-order chi connectivity index (χ0) is 21.1. The van der Waals surface area contributed by atoms with Gasteiger partial charge in [0.15, 0.2) is 0 Å². The number of halogens is 1. The van der Waals surface area contributed by atoms with Gasteiger partial charge in [-0.15, -0.1) is 0 Å². The summed E-state index contributed by atoms with van der Waals surface area (Å²) >= 11 is 6.40. The molecule has 29 heavy (non-hydrogen) atoms. The molecule has 6 nitrogen and oxygen atoms in total. The van der Waals surface area contributed by atoms with E-state index in [1.807, 2.05) is 37.3 Å². The number of aryl methyl sites for hydroxylation is 2. The third kappa shape index (κ3) is 4.15. The minimum atomic E-state index is -0.416. The number of para-hydroxylation sites is 1. The molecule has 0 fully saturated rings. The Morgan fingerprint density at radius 2 is 1.97 bits per heavy atom. The molecule has 0 radical (unpaired) electrons. The molecule has 0 atom stereocenters. The Morgan fingerprint density at radius 1 is 1.24 bits per heavy atom. The van der Waals surface area contributed by atoms with Crippen molar-refractivity contribution in [1.29, 1.82) is 5.26 Å². The van der Waals surface area contributed by atoms with Gasteiger partial charge in [-0.05, 0) is 49.9 Å². The Bertz CT molecular complexity index is 1210. The third-order valence-corrected chi connectivity index (χ3v) is 5.52. The van der Waals surface area contributed by atoms with Gasteiger partial charge in [0.05, 0.1) is 16.2 Å². The van der Waals surface area contributed by atoms with Crippen LogP contribution in [0.15, 0.2) is 29.1 Å². The second kappa shape index (κ2) is 8.46. The number of carbonyl (C=O) groups excluding carboxylic acids is 1. The average Bonchev–Trinajstić information content (AvgIpc) is 2.69. The highest BCUT2D eigenvalue weighted by Crippen LogP contribution is 2.27. The molecule has 1 aromatic carbocycles. The topological polar surface area (TPSA) is 95.8 Å². The molecule has 2 heterocycles. The van der Waals surface area contributed by atoms with E-state index < -0.39 is 11.5 Å². The molecule has 0 bridgehead atoms. The maximum Gasteiger partial charge on any atom is 0.306 e. The van der Waals surface area contributed by atoms with Crippen molar-refractivity contribution in [3.63, 3.8) is 0 Å². The summed E-state index contributed by atoms with van der Waals surface area (Å²) in [7, 11) is 0. The Labute approximate surface area is 173 Å². The molecule has 0 amide bonds. The monoisotopic (exact) mass is 409 g/mol. The Hall–Kier alpha value is -3.17. The van der Waals surface area contributed by atoms with Gasteiger partial charge >= 0.3 is 5.97 Å². The number of nitrogens with one attached hydrogen (secondary N) is 1. The smallest absolute Gasteiger partial charge is 0.306 e. The molecule has 3 aromatic rings. The largest absolute Gasteiger partial charge is 0.459 e. The second-order valence-corrected chi connectivity index (χ2v) is 7.22. The molecular weight excluding hydrogens is 390 g/mol. The molecule has 0 unspecified atom stereocenters. The lowest BCUT2D eigenvalue weighted by Crippen LogP contribution is -2.17. The van der Waals surface area contributed by atoms with Gasteiger partial charge in [0.25, 0.3) is 5.56 Å². The number of pyridine rings is 2. The fraction of sp³-hybridized carbons (Fsp3) is 0.273. The van der Waals surface area contributed by atoms with E-state index in [0.717, 1.165) is 22.0 Å². The normalized spacial score (nSPS) is 10.7. The zero-order valence-corrected chi connectivity index (χ0v) is 17.2. The fourth-order valence-corrected chi connectivity index (χ4v) is 3.58. The van der Waals surface area contributed by atoms with Crippen molar-refractivity contribution in [3.8, 4) is 6.07 Å². The number of H-pyrrole nitrogens is 1. The summed E-state index contributed by atoms with van der Waals surface area (Å²) in [5.41, 5.74) is 3.87. The number of aromatic nitrogens is 2. The third-order valence-electron chi connectivity index (χ3n) is 5.02. The first-order valence-corrected chi connectivity index (χ1v) is 9.53. The van der Waals surface area contributed by atoms with Crippen LogP contribution < -0.4 is 5.56 Å². The van der Waals surface area contributed by atoms with Crippen LogP contribution in [-0.2, 0) is 22.6 Å². The Balaban J connectivity index is 1.71. The van der Waals surface area contributed by atoms with E-state index in [4.69, 9.17) is 21.6 Å². The molecular formula is C22H20ClN3O3. The number of benzene rings is 1. The van der Waals surface area contributed by atoms with E-state index in [1.165, 1.54) is 0 Å². The van der Waals surface area contributed by atoms with Crippen LogP contribution in [0.5, 0.6) is 0 Å². The van der Waals surface area contributed by atoms with Crippen LogP contribution in [0.1, 0.15) is 40.1 Å². The minimum Gasteiger partial charge on any atom is -0.459 e. The predicted octanol–water partition coefficient (Wildman–Crippen LogP) is 4.05. The van der Waals surface area contributed by atoms with Crippen LogP contribution in [0.25, 0.3) is 10.9 Å². The predicted molar refractivity (Wildman–Crippen MR) is 111 cm³/mol. The number of fused-ring (bicyclic) bond motifs is 1. The summed E-state index contributed by atoms with van der Waals surface area (Å²) in [6.07, 6.45) is 0.475. The SMILES string of the molecule is Cc1[nH]c(=O)c(C#N)c(C)c1CCC(=O)OCc1nc2ccccc2c(C)c1Cl. The molecule has 0 saturated carbocycles. The van der Waals surface area contributed by atoms with Crippen LogP contribution in [0.3, 0.4) is 0 Å². The maximum absolute atomic E-state index is 12.3. The molecule has 0 aliphatic carbocycles. The van der Waals surface area contributed by atoms with Gasteiger partial charge in [-0.1, -0.05) is 29.8 Å². The average molecular weight is 410 g/mol. The quantitative estimate of drug-likeness (QED) is 0.641. The van der Waals surface area contributed by atoms with Crippen LogP contribution in [-0.4, -0.2) is 15.9 Å². The first-order chi connectivity index (χ1) is 13.8. The lowest BCUT2D eigenvalue weighted by molar-refractivity contribution is -0.145. The number of nitriles is 1. The van der Waals surface area contributed by atoms with E-state index in [9.17, 15) is 9.59 Å². The maximum atomic E-state index is 12.3. The van der Waals surface area contributed by atoms with Crippen LogP contribution >= 0.6 is 11.6 Å². The summed E-state index contributed by atoms with van der Waals surface area (Å²) < 4.78 is 5.37. The summed E-state index contributed by atoms with van der Waals surface area (Å²) in [4.78, 5) is 31.2. The first-order valence-electron chi connectivity index (χ1n) is 9.15. The fourth-order valence-electron chi connectivity index (χ4n) is 3.38. The van der Waals surface area contributed by atoms with Gasteiger partial charge in [0.2, 0.25) is 0 Å². The number of esters is 1. The second-order valence-electron chi connectivity index (χ2n) is 6.84. The summed E-state index contributed by atoms with van der Waals surface area (Å²) in [5.74, 6) is -0.405. The van der Waals surface area contributed by atoms with Crippen LogP contribution in [0.2, 0.25) is 5.02 Å². The Morgan fingerprint density at radius 3 is 2.69 bits per heavy atom. The van der Waals surface area contributed by atoms with Gasteiger partial charge in [0.1, 0.15) is 18.2 Å². The summed E-state index contributed by atoms with van der Waals surface area (Å²) in [6.45, 7) is 5.35. The lowest BCUT2D eigenvalue weighted by atomic mass is 9.99. The van der Waals surface area contributed by atoms with E-state index in [1.54, 1.807) is 13.8 Å². The van der Waals surface area contributed by atoms with Crippen LogP contribution in [0, 0.1) is 32.1 Å². The van der Waals surface area contributed by atoms with Crippen molar-refractivity contribution in [3.05, 3.63) is 73.3 Å². The van der Waals surface area contributed by atoms with Gasteiger partial charge in [-0.2, -0.15) is 5.26 Å². The van der Waals surface area contributed by atoms with E-state index in [0.29, 0.717) is 28.4 Å². The van der Waals surface area contributed by atoms with Gasteiger partial charge in [-0.25, -0.2) is 4.98 Å². The van der Waals surface area contributed by atoms with E-state index in [2.05, 4.69) is 9.97 Å². The molecule has 0 aliphatic heterocycles. The number of hydrogen-bond donors (Lipinski definition) is 1. The minimum absolute atomic E-state index is 0.0175. The first kappa shape index (κ1) is 20.6. The van der Waals surface area contributed by atoms with Gasteiger partial charge in [-0.3, -0.25) is 9.59 Å². The molecule has 0 saturated heterocycles. The molecule has 148 valence electrons. The van der Waals surface area contributed by atoms with E-state index >= 15 is 0 Å². The highest BCUT2D eigenvalue weighted by atomic mass is 35.5. The number of aromatic amines is 1. The highest BCUT2D eigenvalue weighted by Gasteiger charge is 2.15. The van der Waals surface area contributed by atoms with Crippen molar-refractivity contribution < 1.29 is 9.53 Å². The number of ether oxygens (including phenoxy) is 1. The summed E-state index contributed by atoms with van der Waals surface area (Å²) in [5, 5.41) is 10.6. The Kier molecular flexibility index (Phi) is 6.00. The number of rotatable bonds is 5. The van der Waals surface area contributed by atoms with Gasteiger partial charge < -0.3 is 9.72 Å². The van der Waals surface area contributed by atoms with Crippen molar-refractivity contribution in [2.45, 2.75) is 40.2 Å². The zero-order valence-electron chi connectivity index (χ0n) is 16.4. The number of hydrogen-bond acceptors (Lipinski definition) is 5. The molecule has 2 aromatic heterocycles. The van der Waals surface area contributed by atoms with Crippen molar-refractivity contribution in [2.24, 2.45) is 0 Å². The van der Waals surface area contributed by atoms with Crippen molar-refractivity contribution in [2.75, 3.05) is 0 Å². The molecule has 0 aliphatic rings. The number of nitrogens with zero attached hydrogens (tertiary/aromatic N) is 2. The highest BCUT2D eigenvalue weighted by molar-refractivity contribution is 6.32. The van der Waals surface area contributed by atoms with Crippen molar-refractivity contribution in [1.82, 2.24) is 9.97 Å².